The average molecular weight is 432 g/mol. The second-order valence-corrected chi connectivity index (χ2v) is 4.46. The molecule has 0 saturated heterocycles. The lowest BCUT2D eigenvalue weighted by Crippen LogP contribution is -2.18. The molecule has 1 aromatic rings. The van der Waals surface area contributed by atoms with Gasteiger partial charge in [-0.1, -0.05) is 0 Å². The Morgan fingerprint density at radius 1 is 1.14 bits per heavy atom. The molecular formula is C7H2F4I2O. The van der Waals surface area contributed by atoms with Crippen LogP contribution in [0, 0.1) is 13.0 Å². The average Bonchev–Trinajstić information content (AvgIpc) is 2.04. The zero-order chi connectivity index (χ0) is 10.9. The fourth-order valence-electron chi connectivity index (χ4n) is 0.712. The van der Waals surface area contributed by atoms with E-state index in [9.17, 15) is 17.6 Å². The molecule has 0 aliphatic carbocycles. The molecule has 0 N–H and O–H groups in total. The van der Waals surface area contributed by atoms with Gasteiger partial charge in [0, 0.05) is 3.57 Å². The van der Waals surface area contributed by atoms with E-state index >= 15 is 0 Å². The van der Waals surface area contributed by atoms with E-state index in [-0.39, 0.29) is 3.57 Å². The minimum atomic E-state index is -4.86. The molecule has 0 unspecified atom stereocenters. The van der Waals surface area contributed by atoms with E-state index in [4.69, 9.17) is 0 Å². The maximum atomic E-state index is 13.2. The number of hydrogen-bond donors (Lipinski definition) is 0. The fourth-order valence-corrected chi connectivity index (χ4v) is 1.57. The maximum absolute atomic E-state index is 13.2. The molecule has 7 heteroatoms. The number of ether oxygens (including phenoxy) is 1. The van der Waals surface area contributed by atoms with Crippen molar-refractivity contribution in [3.63, 3.8) is 0 Å². The van der Waals surface area contributed by atoms with Gasteiger partial charge in [0.2, 0.25) is 0 Å². The lowest BCUT2D eigenvalue weighted by Gasteiger charge is -2.10. The Balaban J connectivity index is 3.06. The van der Waals surface area contributed by atoms with Gasteiger partial charge >= 0.3 is 6.36 Å². The van der Waals surface area contributed by atoms with Gasteiger partial charge in [-0.25, -0.2) is 4.39 Å². The summed E-state index contributed by atoms with van der Waals surface area (Å²) >= 11 is 3.44. The van der Waals surface area contributed by atoms with Gasteiger partial charge in [0.15, 0.2) is 11.6 Å². The highest BCUT2D eigenvalue weighted by molar-refractivity contribution is 14.1. The summed E-state index contributed by atoms with van der Waals surface area (Å²) in [6.45, 7) is 0. The van der Waals surface area contributed by atoms with E-state index in [0.717, 1.165) is 6.07 Å². The van der Waals surface area contributed by atoms with Gasteiger partial charge in [-0.2, -0.15) is 0 Å². The zero-order valence-electron chi connectivity index (χ0n) is 6.33. The van der Waals surface area contributed by atoms with Crippen LogP contribution in [0.4, 0.5) is 17.6 Å². The predicted molar refractivity (Wildman–Crippen MR) is 58.5 cm³/mol. The molecule has 0 bridgehead atoms. The Bertz CT molecular complexity index is 350. The van der Waals surface area contributed by atoms with Gasteiger partial charge in [-0.3, -0.25) is 0 Å². The first-order chi connectivity index (χ1) is 6.31. The molecule has 0 radical (unpaired) electrons. The summed E-state index contributed by atoms with van der Waals surface area (Å²) in [5, 5.41) is 0. The van der Waals surface area contributed by atoms with E-state index in [1.807, 2.05) is 22.6 Å². The monoisotopic (exact) mass is 432 g/mol. The minimum Gasteiger partial charge on any atom is -0.403 e. The third-order valence-corrected chi connectivity index (χ3v) is 4.21. The van der Waals surface area contributed by atoms with Crippen molar-refractivity contribution < 1.29 is 22.3 Å². The first kappa shape index (κ1) is 12.3. The third-order valence-electron chi connectivity index (χ3n) is 1.23. The summed E-state index contributed by atoms with van der Waals surface area (Å²) in [6, 6.07) is 2.30. The van der Waals surface area contributed by atoms with Crippen LogP contribution in [0.25, 0.3) is 0 Å². The molecule has 1 rings (SSSR count). The summed E-state index contributed by atoms with van der Waals surface area (Å²) in [6.07, 6.45) is -4.86. The highest BCUT2D eigenvalue weighted by Gasteiger charge is 2.32. The lowest BCUT2D eigenvalue weighted by molar-refractivity contribution is -0.275. The van der Waals surface area contributed by atoms with Crippen LogP contribution in [-0.4, -0.2) is 6.36 Å². The number of alkyl halides is 3. The summed E-state index contributed by atoms with van der Waals surface area (Å²) in [5.41, 5.74) is 0. The molecule has 1 nitrogen and oxygen atoms in total. The molecule has 0 heterocycles. The van der Waals surface area contributed by atoms with Crippen LogP contribution in [-0.2, 0) is 0 Å². The Morgan fingerprint density at radius 2 is 1.71 bits per heavy atom. The van der Waals surface area contributed by atoms with Crippen molar-refractivity contribution >= 4 is 45.2 Å². The molecule has 78 valence electrons. The summed E-state index contributed by atoms with van der Waals surface area (Å²) in [5.74, 6) is -1.79. The molecule has 0 saturated carbocycles. The number of halogens is 6. The van der Waals surface area contributed by atoms with E-state index in [1.54, 1.807) is 22.6 Å². The van der Waals surface area contributed by atoms with Gasteiger partial charge < -0.3 is 4.74 Å². The van der Waals surface area contributed by atoms with Crippen LogP contribution in [0.15, 0.2) is 12.1 Å². The second kappa shape index (κ2) is 4.37. The van der Waals surface area contributed by atoms with E-state index in [2.05, 4.69) is 4.74 Å². The number of hydrogen-bond acceptors (Lipinski definition) is 1. The van der Waals surface area contributed by atoms with Crippen LogP contribution >= 0.6 is 45.2 Å². The van der Waals surface area contributed by atoms with Crippen LogP contribution < -0.4 is 4.74 Å². The van der Waals surface area contributed by atoms with Crippen LogP contribution in [0.5, 0.6) is 5.75 Å². The largest absolute Gasteiger partial charge is 0.573 e. The molecule has 1 aromatic carbocycles. The summed E-state index contributed by atoms with van der Waals surface area (Å²) in [7, 11) is 0. The first-order valence-corrected chi connectivity index (χ1v) is 5.36. The van der Waals surface area contributed by atoms with Crippen LogP contribution in [0.1, 0.15) is 0 Å². The quantitative estimate of drug-likeness (QED) is 0.372. The van der Waals surface area contributed by atoms with Gasteiger partial charge in [0.25, 0.3) is 0 Å². The Morgan fingerprint density at radius 3 is 2.21 bits per heavy atom. The van der Waals surface area contributed by atoms with Gasteiger partial charge in [0.1, 0.15) is 0 Å². The van der Waals surface area contributed by atoms with Gasteiger partial charge in [0.05, 0.1) is 3.57 Å². The van der Waals surface area contributed by atoms with Crippen molar-refractivity contribution in [3.8, 4) is 5.75 Å². The minimum absolute atomic E-state index is 0.116. The topological polar surface area (TPSA) is 9.23 Å². The molecule has 0 spiro atoms. The van der Waals surface area contributed by atoms with Crippen LogP contribution in [0.3, 0.4) is 0 Å². The van der Waals surface area contributed by atoms with Crippen LogP contribution in [0.2, 0.25) is 0 Å². The Hall–Kier alpha value is 0.200. The maximum Gasteiger partial charge on any atom is 0.573 e. The standard InChI is InChI=1S/C7H2F4I2O/c8-5-4(14-7(9,10)11)2-1-3(12)6(5)13/h1-2H. The van der Waals surface area contributed by atoms with Gasteiger partial charge in [-0.05, 0) is 57.3 Å². The first-order valence-electron chi connectivity index (χ1n) is 3.20. The molecule has 0 atom stereocenters. The van der Waals surface area contributed by atoms with Crippen molar-refractivity contribution in [3.05, 3.63) is 25.1 Å². The molecule has 0 aliphatic rings. The Kier molecular flexibility index (Phi) is 3.83. The number of rotatable bonds is 1. The molecule has 14 heavy (non-hydrogen) atoms. The Labute approximate surface area is 104 Å². The lowest BCUT2D eigenvalue weighted by atomic mass is 10.3. The predicted octanol–water partition coefficient (Wildman–Crippen LogP) is 3.93. The molecule has 0 amide bonds. The van der Waals surface area contributed by atoms with E-state index < -0.39 is 17.9 Å². The SMILES string of the molecule is Fc1c(OC(F)(F)F)ccc(I)c1I. The van der Waals surface area contributed by atoms with E-state index in [0.29, 0.717) is 3.57 Å². The highest BCUT2D eigenvalue weighted by atomic mass is 127. The van der Waals surface area contributed by atoms with Crippen molar-refractivity contribution in [2.75, 3.05) is 0 Å². The van der Waals surface area contributed by atoms with E-state index in [1.165, 1.54) is 6.07 Å². The zero-order valence-corrected chi connectivity index (χ0v) is 10.6. The molecular weight excluding hydrogens is 430 g/mol. The summed E-state index contributed by atoms with van der Waals surface area (Å²) < 4.78 is 52.6. The smallest absolute Gasteiger partial charge is 0.403 e. The van der Waals surface area contributed by atoms with Crippen molar-refractivity contribution in [1.29, 1.82) is 0 Å². The van der Waals surface area contributed by atoms with Gasteiger partial charge in [-0.15, -0.1) is 13.2 Å². The number of benzene rings is 1. The third kappa shape index (κ3) is 3.11. The second-order valence-electron chi connectivity index (χ2n) is 2.22. The molecule has 0 fully saturated rings. The normalized spacial score (nSPS) is 11.6. The van der Waals surface area contributed by atoms with Crippen molar-refractivity contribution in [1.82, 2.24) is 0 Å². The van der Waals surface area contributed by atoms with Crippen molar-refractivity contribution in [2.45, 2.75) is 6.36 Å². The summed E-state index contributed by atoms with van der Waals surface area (Å²) in [4.78, 5) is 0. The highest BCUT2D eigenvalue weighted by Crippen LogP contribution is 2.30. The molecule has 0 aliphatic heterocycles. The van der Waals surface area contributed by atoms with Crippen molar-refractivity contribution in [2.24, 2.45) is 0 Å². The molecule has 0 aromatic heterocycles. The fraction of sp³-hybridized carbons (Fsp3) is 0.143.